The van der Waals surface area contributed by atoms with Gasteiger partial charge in [0.1, 0.15) is 5.82 Å². The van der Waals surface area contributed by atoms with Crippen molar-refractivity contribution in [3.63, 3.8) is 0 Å². The number of allylic oxidation sites excluding steroid dienone is 2. The molecule has 0 spiro atoms. The van der Waals surface area contributed by atoms with E-state index in [9.17, 15) is 4.39 Å². The number of benzene rings is 1. The third kappa shape index (κ3) is 10.8. The van der Waals surface area contributed by atoms with Gasteiger partial charge in [-0.1, -0.05) is 63.8 Å². The van der Waals surface area contributed by atoms with Crippen molar-refractivity contribution in [2.75, 3.05) is 0 Å². The van der Waals surface area contributed by atoms with Crippen molar-refractivity contribution < 1.29 is 4.39 Å². The third-order valence-corrected chi connectivity index (χ3v) is 5.40. The Labute approximate surface area is 179 Å². The van der Waals surface area contributed by atoms with Crippen molar-refractivity contribution >= 4 is 6.08 Å². The fourth-order valence-electron chi connectivity index (χ4n) is 3.95. The minimum atomic E-state index is -0.128. The van der Waals surface area contributed by atoms with Crippen LogP contribution < -0.4 is 0 Å². The van der Waals surface area contributed by atoms with Gasteiger partial charge in [-0.15, -0.1) is 13.2 Å². The Hall–Kier alpha value is -2.14. The Kier molecular flexibility index (Phi) is 14.6. The van der Waals surface area contributed by atoms with Gasteiger partial charge in [0.05, 0.1) is 6.07 Å². The Morgan fingerprint density at radius 3 is 2.48 bits per heavy atom. The van der Waals surface area contributed by atoms with Crippen molar-refractivity contribution in [2.24, 2.45) is 11.8 Å². The molecule has 0 heterocycles. The zero-order valence-corrected chi connectivity index (χ0v) is 19.1. The summed E-state index contributed by atoms with van der Waals surface area (Å²) in [5, 5.41) is 7.32. The molecule has 0 radical (unpaired) electrons. The Morgan fingerprint density at radius 1 is 1.28 bits per heavy atom. The highest BCUT2D eigenvalue weighted by Gasteiger charge is 2.19. The van der Waals surface area contributed by atoms with Crippen molar-refractivity contribution in [1.82, 2.24) is 0 Å². The molecule has 0 N–H and O–H groups in total. The van der Waals surface area contributed by atoms with E-state index >= 15 is 0 Å². The first-order chi connectivity index (χ1) is 13.9. The highest BCUT2D eigenvalue weighted by molar-refractivity contribution is 5.58. The van der Waals surface area contributed by atoms with E-state index in [2.05, 4.69) is 39.7 Å². The third-order valence-electron chi connectivity index (χ3n) is 5.40. The van der Waals surface area contributed by atoms with Crippen LogP contribution in [0.2, 0.25) is 0 Å². The topological polar surface area (TPSA) is 23.8 Å². The van der Waals surface area contributed by atoms with E-state index in [0.29, 0.717) is 5.56 Å². The minimum absolute atomic E-state index is 0.128. The lowest BCUT2D eigenvalue weighted by atomic mass is 9.79. The van der Waals surface area contributed by atoms with E-state index in [-0.39, 0.29) is 5.82 Å². The van der Waals surface area contributed by atoms with Gasteiger partial charge in [-0.2, -0.15) is 5.26 Å². The lowest BCUT2D eigenvalue weighted by Gasteiger charge is -2.27. The van der Waals surface area contributed by atoms with Crippen LogP contribution in [0.3, 0.4) is 0 Å². The lowest BCUT2D eigenvalue weighted by Crippen LogP contribution is -2.13. The first-order valence-corrected chi connectivity index (χ1v) is 10.9. The number of hydrogen-bond donors (Lipinski definition) is 0. The Morgan fingerprint density at radius 2 is 1.93 bits per heavy atom. The van der Waals surface area contributed by atoms with E-state index in [4.69, 9.17) is 5.26 Å². The fraction of sp³-hybridized carbons (Fsp3) is 0.519. The van der Waals surface area contributed by atoms with Gasteiger partial charge in [0.15, 0.2) is 0 Å². The summed E-state index contributed by atoms with van der Waals surface area (Å²) in [7, 11) is 0. The summed E-state index contributed by atoms with van der Waals surface area (Å²) in [5.74, 6) is 1.62. The average Bonchev–Trinajstić information content (AvgIpc) is 2.70. The molecule has 2 heteroatoms. The molecule has 1 aromatic carbocycles. The summed E-state index contributed by atoms with van der Waals surface area (Å²) in [6, 6.07) is 7.14. The van der Waals surface area contributed by atoms with E-state index < -0.39 is 0 Å². The van der Waals surface area contributed by atoms with E-state index in [0.717, 1.165) is 36.7 Å². The molecule has 1 aliphatic rings. The number of rotatable bonds is 7. The molecule has 1 nitrogen and oxygen atoms in total. The normalized spacial score (nSPS) is 18.4. The molecule has 2 atom stereocenters. The predicted molar refractivity (Wildman–Crippen MR) is 126 cm³/mol. The average molecular weight is 398 g/mol. The number of aryl methyl sites for hydroxylation is 1. The molecule has 0 bridgehead atoms. The van der Waals surface area contributed by atoms with Crippen LogP contribution in [0.5, 0.6) is 0 Å². The zero-order chi connectivity index (χ0) is 22.2. The van der Waals surface area contributed by atoms with Crippen molar-refractivity contribution in [3.05, 3.63) is 66.0 Å². The van der Waals surface area contributed by atoms with E-state index in [1.165, 1.54) is 50.2 Å². The largest absolute Gasteiger partial charge is 0.207 e. The highest BCUT2D eigenvalue weighted by Crippen LogP contribution is 2.34. The molecule has 1 aliphatic carbocycles. The first-order valence-electron chi connectivity index (χ1n) is 10.9. The molecule has 0 amide bonds. The molecule has 2 unspecified atom stereocenters. The van der Waals surface area contributed by atoms with Crippen LogP contribution in [0.25, 0.3) is 6.08 Å². The summed E-state index contributed by atoms with van der Waals surface area (Å²) in [4.78, 5) is 0. The maximum absolute atomic E-state index is 13.5. The lowest BCUT2D eigenvalue weighted by molar-refractivity contribution is 0.270. The van der Waals surface area contributed by atoms with E-state index in [1.54, 1.807) is 12.1 Å². The van der Waals surface area contributed by atoms with Crippen LogP contribution in [0.15, 0.2) is 49.1 Å². The maximum atomic E-state index is 13.5. The quantitative estimate of drug-likeness (QED) is 0.333. The Bertz CT molecular complexity index is 680. The van der Waals surface area contributed by atoms with Crippen LogP contribution in [0.1, 0.15) is 83.3 Å². The molecule has 1 saturated carbocycles. The van der Waals surface area contributed by atoms with Gasteiger partial charge in [-0.25, -0.2) is 4.39 Å². The zero-order valence-electron chi connectivity index (χ0n) is 19.1. The highest BCUT2D eigenvalue weighted by atomic mass is 19.1. The van der Waals surface area contributed by atoms with Gasteiger partial charge in [-0.3, -0.25) is 0 Å². The van der Waals surface area contributed by atoms with Crippen molar-refractivity contribution in [2.45, 2.75) is 79.1 Å². The van der Waals surface area contributed by atoms with Gasteiger partial charge in [-0.05, 0) is 73.3 Å². The summed E-state index contributed by atoms with van der Waals surface area (Å²) in [6.07, 6.45) is 12.3. The van der Waals surface area contributed by atoms with Crippen LogP contribution in [0.4, 0.5) is 4.39 Å². The second kappa shape index (κ2) is 15.7. The maximum Gasteiger partial charge on any atom is 0.126 e. The van der Waals surface area contributed by atoms with Crippen LogP contribution in [-0.4, -0.2) is 0 Å². The molecular formula is C27H40FN. The summed E-state index contributed by atoms with van der Waals surface area (Å²) in [6.45, 7) is 18.2. The molecule has 0 saturated heterocycles. The summed E-state index contributed by atoms with van der Waals surface area (Å²) >= 11 is 0. The van der Waals surface area contributed by atoms with Gasteiger partial charge in [0, 0.05) is 6.92 Å². The molecule has 1 aromatic rings. The number of nitriles is 1. The number of hydrogen-bond acceptors (Lipinski definition) is 1. The van der Waals surface area contributed by atoms with Gasteiger partial charge < -0.3 is 0 Å². The summed E-state index contributed by atoms with van der Waals surface area (Å²) in [5.41, 5.74) is 4.42. The molecule has 2 rings (SSSR count). The van der Waals surface area contributed by atoms with Gasteiger partial charge >= 0.3 is 0 Å². The smallest absolute Gasteiger partial charge is 0.126 e. The van der Waals surface area contributed by atoms with Crippen LogP contribution in [-0.2, 0) is 0 Å². The second-order valence-electron chi connectivity index (χ2n) is 7.93. The molecule has 0 aromatic heterocycles. The molecule has 0 aliphatic heterocycles. The number of halogens is 1. The Balaban J connectivity index is 0.00000143. The first kappa shape index (κ1) is 26.9. The molecule has 160 valence electrons. The van der Waals surface area contributed by atoms with Crippen LogP contribution in [0, 0.1) is 35.9 Å². The summed E-state index contributed by atoms with van der Waals surface area (Å²) < 4.78 is 13.5. The molecule has 29 heavy (non-hydrogen) atoms. The van der Waals surface area contributed by atoms with E-state index in [1.807, 2.05) is 19.1 Å². The van der Waals surface area contributed by atoms with Gasteiger partial charge in [0.25, 0.3) is 0 Å². The molecular weight excluding hydrogens is 357 g/mol. The van der Waals surface area contributed by atoms with Gasteiger partial charge in [0.2, 0.25) is 0 Å². The van der Waals surface area contributed by atoms with Crippen LogP contribution >= 0.6 is 0 Å². The van der Waals surface area contributed by atoms with Crippen molar-refractivity contribution in [3.8, 4) is 6.07 Å². The fourth-order valence-corrected chi connectivity index (χ4v) is 3.95. The SMILES string of the molecule is C=C.C=C(CCC)/C(=C\c1ccc(F)c(C)c1)CCC1CCCC(C)C1.CC#N. The monoisotopic (exact) mass is 397 g/mol. The predicted octanol–water partition coefficient (Wildman–Crippen LogP) is 8.81. The standard InChI is InChI=1S/C23H33F.C2H3N.C2H4/c1-5-7-18(3)22(12-10-20-9-6-8-17(2)14-20)16-21-11-13-23(24)19(4)15-21;1-2-3;1-2/h11,13,15-17,20H,3,5-10,12,14H2,1-2,4H3;1H3;1-2H2/b22-16-;;. The second-order valence-corrected chi connectivity index (χ2v) is 7.93. The minimum Gasteiger partial charge on any atom is -0.207 e. The molecule has 1 fully saturated rings. The number of nitrogens with zero attached hydrogens (tertiary/aromatic N) is 1. The van der Waals surface area contributed by atoms with Crippen molar-refractivity contribution in [1.29, 1.82) is 5.26 Å².